The average molecular weight is 234 g/mol. The van der Waals surface area contributed by atoms with Gasteiger partial charge in [0.15, 0.2) is 0 Å². The normalized spacial score (nSPS) is 14.5. The van der Waals surface area contributed by atoms with Crippen molar-refractivity contribution in [2.24, 2.45) is 5.92 Å². The summed E-state index contributed by atoms with van der Waals surface area (Å²) in [6, 6.07) is 0. The zero-order valence-electron chi connectivity index (χ0n) is 11.2. The van der Waals surface area contributed by atoms with Crippen LogP contribution in [0.15, 0.2) is 60.5 Å². The topological polar surface area (TPSA) is 0 Å². The Morgan fingerprint density at radius 2 is 1.88 bits per heavy atom. The molecule has 0 fully saturated rings. The summed E-state index contributed by atoms with van der Waals surface area (Å²) in [6.45, 7) is 13.5. The van der Waals surface area contributed by atoms with E-state index < -0.39 is 0 Å². The average Bonchev–Trinajstić information content (AvgIpc) is 2.23. The molecular weight excluding hydrogens is 211 g/mol. The highest BCUT2D eigenvalue weighted by Gasteiger charge is 2.02. The summed E-state index contributed by atoms with van der Waals surface area (Å²) in [5.41, 5.74) is 1.97. The van der Waals surface area contributed by atoms with Gasteiger partial charge in [-0.15, -0.1) is 0 Å². The molecule has 0 spiro atoms. The number of hydrogen-bond acceptors (Lipinski definition) is 0. The van der Waals surface area contributed by atoms with E-state index >= 15 is 0 Å². The van der Waals surface area contributed by atoms with Crippen molar-refractivity contribution < 1.29 is 4.39 Å². The van der Waals surface area contributed by atoms with Crippen LogP contribution in [-0.2, 0) is 0 Å². The second kappa shape index (κ2) is 8.74. The van der Waals surface area contributed by atoms with Crippen molar-refractivity contribution in [3.63, 3.8) is 0 Å². The Labute approximate surface area is 105 Å². The van der Waals surface area contributed by atoms with Crippen molar-refractivity contribution in [3.8, 4) is 0 Å². The highest BCUT2D eigenvalue weighted by atomic mass is 19.1. The Hall–Kier alpha value is -1.37. The van der Waals surface area contributed by atoms with Gasteiger partial charge in [0.25, 0.3) is 0 Å². The van der Waals surface area contributed by atoms with Crippen molar-refractivity contribution in [1.29, 1.82) is 0 Å². The molecule has 0 aromatic heterocycles. The second-order valence-electron chi connectivity index (χ2n) is 4.32. The maximum atomic E-state index is 13.6. The Kier molecular flexibility index (Phi) is 8.04. The highest BCUT2D eigenvalue weighted by molar-refractivity contribution is 5.22. The first-order valence-electron chi connectivity index (χ1n) is 5.97. The van der Waals surface area contributed by atoms with Crippen LogP contribution in [0.25, 0.3) is 0 Å². The number of rotatable bonds is 7. The SMILES string of the molecule is C=C(C)C/C=C\C(F)=C/C(/C=C\CC)C(=C)C. The molecule has 0 aliphatic rings. The summed E-state index contributed by atoms with van der Waals surface area (Å²) >= 11 is 0. The second-order valence-corrected chi connectivity index (χ2v) is 4.32. The molecule has 0 aromatic carbocycles. The molecule has 0 bridgehead atoms. The maximum Gasteiger partial charge on any atom is 0.119 e. The van der Waals surface area contributed by atoms with Gasteiger partial charge >= 0.3 is 0 Å². The Morgan fingerprint density at radius 3 is 2.35 bits per heavy atom. The number of hydrogen-bond donors (Lipinski definition) is 0. The lowest BCUT2D eigenvalue weighted by atomic mass is 10.00. The van der Waals surface area contributed by atoms with E-state index in [1.807, 2.05) is 26.0 Å². The third-order valence-electron chi connectivity index (χ3n) is 2.23. The summed E-state index contributed by atoms with van der Waals surface area (Å²) in [7, 11) is 0. The predicted molar refractivity (Wildman–Crippen MR) is 75.5 cm³/mol. The van der Waals surface area contributed by atoms with E-state index in [-0.39, 0.29) is 11.7 Å². The van der Waals surface area contributed by atoms with Gasteiger partial charge in [0.1, 0.15) is 5.83 Å². The first-order valence-corrected chi connectivity index (χ1v) is 5.97. The van der Waals surface area contributed by atoms with Gasteiger partial charge in [-0.2, -0.15) is 0 Å². The fourth-order valence-corrected chi connectivity index (χ4v) is 1.24. The predicted octanol–water partition coefficient (Wildman–Crippen LogP) is 5.52. The van der Waals surface area contributed by atoms with E-state index in [4.69, 9.17) is 0 Å². The minimum atomic E-state index is -0.222. The molecule has 0 N–H and O–H groups in total. The van der Waals surface area contributed by atoms with Gasteiger partial charge in [-0.3, -0.25) is 0 Å². The van der Waals surface area contributed by atoms with E-state index in [0.29, 0.717) is 6.42 Å². The van der Waals surface area contributed by atoms with E-state index in [1.54, 1.807) is 12.2 Å². The van der Waals surface area contributed by atoms with Crippen LogP contribution in [0.3, 0.4) is 0 Å². The number of halogens is 1. The van der Waals surface area contributed by atoms with Crippen LogP contribution in [0.2, 0.25) is 0 Å². The van der Waals surface area contributed by atoms with E-state index in [0.717, 1.165) is 17.6 Å². The first kappa shape index (κ1) is 15.6. The first-order chi connectivity index (χ1) is 7.97. The van der Waals surface area contributed by atoms with E-state index in [9.17, 15) is 4.39 Å². The molecule has 0 amide bonds. The van der Waals surface area contributed by atoms with Crippen molar-refractivity contribution in [1.82, 2.24) is 0 Å². The third kappa shape index (κ3) is 8.44. The molecule has 17 heavy (non-hydrogen) atoms. The van der Waals surface area contributed by atoms with Crippen LogP contribution in [0, 0.1) is 5.92 Å². The van der Waals surface area contributed by atoms with Gasteiger partial charge in [0.2, 0.25) is 0 Å². The molecule has 0 rings (SSSR count). The van der Waals surface area contributed by atoms with Gasteiger partial charge in [-0.1, -0.05) is 49.5 Å². The zero-order valence-corrected chi connectivity index (χ0v) is 11.2. The van der Waals surface area contributed by atoms with Crippen LogP contribution < -0.4 is 0 Å². The third-order valence-corrected chi connectivity index (χ3v) is 2.23. The Balaban J connectivity index is 4.59. The molecular formula is C16H23F. The zero-order chi connectivity index (χ0) is 13.3. The summed E-state index contributed by atoms with van der Waals surface area (Å²) in [5.74, 6) is -0.246. The molecule has 0 saturated carbocycles. The molecule has 1 atom stereocenters. The lowest BCUT2D eigenvalue weighted by Gasteiger charge is -2.06. The standard InChI is InChI=1S/C16H23F/c1-6-7-10-15(14(4)5)12-16(17)11-8-9-13(2)3/h7-8,10-12,15H,2,4,6,9H2,1,3,5H3/b10-7-,11-8-,16-12+. The monoisotopic (exact) mass is 234 g/mol. The van der Waals surface area contributed by atoms with Gasteiger partial charge < -0.3 is 0 Å². The lowest BCUT2D eigenvalue weighted by molar-refractivity contribution is 0.654. The molecule has 0 aliphatic carbocycles. The summed E-state index contributed by atoms with van der Waals surface area (Å²) in [6.07, 6.45) is 10.5. The van der Waals surface area contributed by atoms with Gasteiger partial charge in [0, 0.05) is 5.92 Å². The molecule has 0 saturated heterocycles. The maximum absolute atomic E-state index is 13.6. The van der Waals surface area contributed by atoms with E-state index in [2.05, 4.69) is 20.1 Å². The molecule has 1 heteroatoms. The van der Waals surface area contributed by atoms with Crippen molar-refractivity contribution in [2.45, 2.75) is 33.6 Å². The highest BCUT2D eigenvalue weighted by Crippen LogP contribution is 2.16. The minimum Gasteiger partial charge on any atom is -0.207 e. The summed E-state index contributed by atoms with van der Waals surface area (Å²) < 4.78 is 13.6. The quantitative estimate of drug-likeness (QED) is 0.402. The van der Waals surface area contributed by atoms with E-state index in [1.165, 1.54) is 6.08 Å². The molecule has 0 heterocycles. The fraction of sp³-hybridized carbons (Fsp3) is 0.375. The van der Waals surface area contributed by atoms with Crippen LogP contribution in [0.4, 0.5) is 4.39 Å². The number of allylic oxidation sites excluding steroid dienone is 8. The smallest absolute Gasteiger partial charge is 0.119 e. The van der Waals surface area contributed by atoms with Gasteiger partial charge in [-0.05, 0) is 38.8 Å². The molecule has 1 unspecified atom stereocenters. The summed E-state index contributed by atoms with van der Waals surface area (Å²) in [4.78, 5) is 0. The van der Waals surface area contributed by atoms with Crippen molar-refractivity contribution in [2.75, 3.05) is 0 Å². The fourth-order valence-electron chi connectivity index (χ4n) is 1.24. The van der Waals surface area contributed by atoms with Crippen LogP contribution in [0.5, 0.6) is 0 Å². The van der Waals surface area contributed by atoms with Crippen LogP contribution >= 0.6 is 0 Å². The van der Waals surface area contributed by atoms with Crippen molar-refractivity contribution in [3.05, 3.63) is 60.5 Å². The largest absolute Gasteiger partial charge is 0.207 e. The molecule has 0 aliphatic heterocycles. The summed E-state index contributed by atoms with van der Waals surface area (Å²) in [5, 5.41) is 0. The van der Waals surface area contributed by atoms with Gasteiger partial charge in [0.05, 0.1) is 0 Å². The van der Waals surface area contributed by atoms with Gasteiger partial charge in [-0.25, -0.2) is 4.39 Å². The van der Waals surface area contributed by atoms with Crippen LogP contribution in [0.1, 0.15) is 33.6 Å². The minimum absolute atomic E-state index is 0.0237. The Morgan fingerprint density at radius 1 is 1.24 bits per heavy atom. The Bertz CT molecular complexity index is 343. The molecule has 94 valence electrons. The molecule has 0 radical (unpaired) electrons. The lowest BCUT2D eigenvalue weighted by Crippen LogP contribution is -1.93. The molecule has 0 aromatic rings. The van der Waals surface area contributed by atoms with Crippen molar-refractivity contribution >= 4 is 0 Å². The van der Waals surface area contributed by atoms with Crippen LogP contribution in [-0.4, -0.2) is 0 Å². The molecule has 0 nitrogen and oxygen atoms in total.